The molecule has 3 heterocycles. The van der Waals surface area contributed by atoms with Gasteiger partial charge in [0.2, 0.25) is 0 Å². The molecule has 3 aliphatic heterocycles. The molecule has 0 aromatic heterocycles. The minimum absolute atomic E-state index is 0.0572. The van der Waals surface area contributed by atoms with Crippen LogP contribution in [0.25, 0.3) is 16.8 Å². The molecule has 0 bridgehead atoms. The van der Waals surface area contributed by atoms with Gasteiger partial charge in [0.05, 0.1) is 5.69 Å². The molecule has 0 saturated carbocycles. The van der Waals surface area contributed by atoms with Gasteiger partial charge in [-0.3, -0.25) is 14.9 Å². The summed E-state index contributed by atoms with van der Waals surface area (Å²) in [6.45, 7) is 1.95. The Hall–Kier alpha value is -6.54. The van der Waals surface area contributed by atoms with Gasteiger partial charge in [0, 0.05) is 36.2 Å². The summed E-state index contributed by atoms with van der Waals surface area (Å²) in [5.41, 5.74) is 7.14. The van der Waals surface area contributed by atoms with Crippen molar-refractivity contribution in [2.75, 3.05) is 22.9 Å². The summed E-state index contributed by atoms with van der Waals surface area (Å²) in [4.78, 5) is 45.6. The lowest BCUT2D eigenvalue weighted by atomic mass is 9.76. The average Bonchev–Trinajstić information content (AvgIpc) is 3.20. The van der Waals surface area contributed by atoms with Crippen LogP contribution < -0.4 is 19.9 Å². The van der Waals surface area contributed by atoms with E-state index in [4.69, 9.17) is 4.74 Å². The lowest BCUT2D eigenvalue weighted by molar-refractivity contribution is -0.122. The predicted octanol–water partition coefficient (Wildman–Crippen LogP) is 9.10. The molecule has 0 radical (unpaired) electrons. The smallest absolute Gasteiger partial charge is 0.335 e. The average molecular weight is 714 g/mol. The zero-order valence-corrected chi connectivity index (χ0v) is 29.4. The van der Waals surface area contributed by atoms with Crippen LogP contribution in [0.1, 0.15) is 58.1 Å². The number of nitrogens with zero attached hydrogens (tertiary/aromatic N) is 2. The monoisotopic (exact) mass is 713 g/mol. The fourth-order valence-electron chi connectivity index (χ4n) is 8.30. The van der Waals surface area contributed by atoms with Crippen molar-refractivity contribution in [2.45, 2.75) is 31.3 Å². The molecule has 6 aromatic rings. The first kappa shape index (κ1) is 33.3. The van der Waals surface area contributed by atoms with Crippen molar-refractivity contribution in [1.82, 2.24) is 5.32 Å². The van der Waals surface area contributed by atoms with Gasteiger partial charge < -0.3 is 9.64 Å². The molecule has 4 amide bonds. The van der Waals surface area contributed by atoms with Crippen LogP contribution in [-0.2, 0) is 16.2 Å². The van der Waals surface area contributed by atoms with Crippen molar-refractivity contribution in [2.24, 2.45) is 0 Å². The van der Waals surface area contributed by atoms with Crippen LogP contribution in [0.3, 0.4) is 0 Å². The number of barbiturate groups is 1. The summed E-state index contributed by atoms with van der Waals surface area (Å²) < 4.78 is 19.8. The lowest BCUT2D eigenvalue weighted by Gasteiger charge is -2.44. The molecule has 54 heavy (non-hydrogen) atoms. The highest BCUT2D eigenvalue weighted by molar-refractivity contribution is 6.39. The second-order valence-electron chi connectivity index (χ2n) is 14.0. The molecule has 8 heteroatoms. The fraction of sp³-hybridized carbons (Fsp3) is 0.152. The molecule has 0 spiro atoms. The first-order chi connectivity index (χ1) is 26.4. The molecule has 6 aromatic carbocycles. The number of carbonyl (C=O) groups excluding carboxylic acids is 3. The molecule has 9 rings (SSSR count). The van der Waals surface area contributed by atoms with Crippen LogP contribution in [0.15, 0.2) is 139 Å². The highest BCUT2D eigenvalue weighted by atomic mass is 19.1. The van der Waals surface area contributed by atoms with E-state index in [-0.39, 0.29) is 29.8 Å². The molecule has 7 nitrogen and oxygen atoms in total. The normalized spacial score (nSPS) is 18.8. The van der Waals surface area contributed by atoms with Crippen LogP contribution in [-0.4, -0.2) is 30.9 Å². The van der Waals surface area contributed by atoms with Crippen molar-refractivity contribution < 1.29 is 23.5 Å². The molecule has 266 valence electrons. The minimum Gasteiger partial charge on any atom is -0.488 e. The second-order valence-corrected chi connectivity index (χ2v) is 14.0. The van der Waals surface area contributed by atoms with Crippen molar-refractivity contribution in [3.63, 3.8) is 0 Å². The third-order valence-corrected chi connectivity index (χ3v) is 10.9. The van der Waals surface area contributed by atoms with Gasteiger partial charge in [-0.1, -0.05) is 103 Å². The molecule has 2 atom stereocenters. The fourth-order valence-corrected chi connectivity index (χ4v) is 8.30. The van der Waals surface area contributed by atoms with Gasteiger partial charge in [-0.15, -0.1) is 0 Å². The predicted molar refractivity (Wildman–Crippen MR) is 208 cm³/mol. The number of hydrogen-bond donors (Lipinski definition) is 1. The first-order valence-corrected chi connectivity index (χ1v) is 18.3. The summed E-state index contributed by atoms with van der Waals surface area (Å²) >= 11 is 0. The van der Waals surface area contributed by atoms with E-state index < -0.39 is 17.8 Å². The zero-order chi connectivity index (χ0) is 36.8. The maximum Gasteiger partial charge on any atom is 0.335 e. The number of nitrogens with one attached hydrogen (secondary N) is 1. The number of carbonyl (C=O) groups is 3. The maximum atomic E-state index is 14.6. The molecular weight excluding hydrogens is 678 g/mol. The van der Waals surface area contributed by atoms with Crippen molar-refractivity contribution >= 4 is 46.1 Å². The largest absolute Gasteiger partial charge is 0.488 e. The van der Waals surface area contributed by atoms with Crippen LogP contribution in [0.4, 0.5) is 20.6 Å². The number of amides is 4. The number of anilines is 2. The number of halogens is 1. The van der Waals surface area contributed by atoms with Gasteiger partial charge in [-0.05, 0) is 87.8 Å². The Labute approximate surface area is 312 Å². The molecule has 1 fully saturated rings. The Morgan fingerprint density at radius 2 is 1.33 bits per heavy atom. The minimum atomic E-state index is -0.795. The van der Waals surface area contributed by atoms with Crippen molar-refractivity contribution in [1.29, 1.82) is 0 Å². The Kier molecular flexibility index (Phi) is 8.50. The van der Waals surface area contributed by atoms with E-state index in [0.717, 1.165) is 64.0 Å². The van der Waals surface area contributed by atoms with E-state index in [1.54, 1.807) is 18.2 Å². The summed E-state index contributed by atoms with van der Waals surface area (Å²) in [6, 6.07) is 41.2. The van der Waals surface area contributed by atoms with Gasteiger partial charge in [0.1, 0.15) is 23.7 Å². The molecule has 1 saturated heterocycles. The van der Waals surface area contributed by atoms with Gasteiger partial charge in [0.25, 0.3) is 11.8 Å². The Morgan fingerprint density at radius 3 is 1.98 bits per heavy atom. The Morgan fingerprint density at radius 1 is 0.722 bits per heavy atom. The number of imide groups is 2. The molecule has 1 N–H and O–H groups in total. The van der Waals surface area contributed by atoms with E-state index in [1.165, 1.54) is 29.3 Å². The topological polar surface area (TPSA) is 79.0 Å². The van der Waals surface area contributed by atoms with Crippen LogP contribution in [0.2, 0.25) is 0 Å². The summed E-state index contributed by atoms with van der Waals surface area (Å²) in [5, 5.41) is 4.10. The lowest BCUT2D eigenvalue weighted by Crippen LogP contribution is -2.54. The third-order valence-electron chi connectivity index (χ3n) is 10.9. The summed E-state index contributed by atoms with van der Waals surface area (Å²) in [6.07, 6.45) is 3.30. The number of ether oxygens (including phenoxy) is 1. The number of fused-ring (bicyclic) bond motifs is 1. The van der Waals surface area contributed by atoms with Crippen LogP contribution in [0, 0.1) is 5.82 Å². The van der Waals surface area contributed by atoms with Crippen LogP contribution >= 0.6 is 0 Å². The standard InChI is InChI=1S/C46H36FN3O4/c47-33-18-15-29(16-19-33)28-54-42-20-17-32-13-7-8-14-35(32)38(42)27-41-44(51)48-46(53)50(45(41)52)34-25-39-36(30-9-3-1-4-10-30)21-23-49-24-22-37(40(26-34)43(39)49)31-11-5-2-6-12-31/h1-20,25-27,36-37H,21-24,28H2,(H,48,51,53)/b41-27+/t36-,37-/m1/s1. The Bertz CT molecular complexity index is 2390. The van der Waals surface area contributed by atoms with E-state index in [0.29, 0.717) is 17.0 Å². The SMILES string of the molecule is O=C1NC(=O)N(c2cc3c4c(c2)[C@@H](c2ccccc2)CCN4CC[C@@H]3c2ccccc2)C(=O)/C1=C/c1c(OCc2ccc(F)cc2)ccc2ccccc12. The van der Waals surface area contributed by atoms with Gasteiger partial charge in [-0.2, -0.15) is 0 Å². The van der Waals surface area contributed by atoms with Gasteiger partial charge >= 0.3 is 6.03 Å². The number of benzene rings is 6. The quantitative estimate of drug-likeness (QED) is 0.132. The molecule has 3 aliphatic rings. The maximum absolute atomic E-state index is 14.6. The third kappa shape index (κ3) is 5.99. The van der Waals surface area contributed by atoms with E-state index in [1.807, 2.05) is 78.9 Å². The van der Waals surface area contributed by atoms with Gasteiger partial charge in [0.15, 0.2) is 0 Å². The van der Waals surface area contributed by atoms with E-state index in [9.17, 15) is 18.8 Å². The van der Waals surface area contributed by atoms with E-state index >= 15 is 0 Å². The number of rotatable bonds is 7. The number of hydrogen-bond acceptors (Lipinski definition) is 5. The summed E-state index contributed by atoms with van der Waals surface area (Å²) in [5.74, 6) is -1.30. The molecule has 0 aliphatic carbocycles. The Balaban J connectivity index is 1.17. The van der Waals surface area contributed by atoms with Crippen molar-refractivity contribution in [3.05, 3.63) is 178 Å². The first-order valence-electron chi connectivity index (χ1n) is 18.3. The molecule has 0 unspecified atom stereocenters. The number of urea groups is 1. The molecular formula is C46H36FN3O4. The zero-order valence-electron chi connectivity index (χ0n) is 29.4. The van der Waals surface area contributed by atoms with E-state index in [2.05, 4.69) is 34.5 Å². The van der Waals surface area contributed by atoms with Crippen LogP contribution in [0.5, 0.6) is 5.75 Å². The van der Waals surface area contributed by atoms with Crippen molar-refractivity contribution in [3.8, 4) is 5.75 Å². The van der Waals surface area contributed by atoms with Gasteiger partial charge in [-0.25, -0.2) is 14.1 Å². The summed E-state index contributed by atoms with van der Waals surface area (Å²) in [7, 11) is 0. The second kappa shape index (κ2) is 13.8. The highest BCUT2D eigenvalue weighted by Gasteiger charge is 2.41. The highest BCUT2D eigenvalue weighted by Crippen LogP contribution is 2.50.